The maximum atomic E-state index is 9.37. The minimum absolute atomic E-state index is 0.134. The van der Waals surface area contributed by atoms with Crippen molar-refractivity contribution in [3.05, 3.63) is 47.0 Å². The molecule has 0 bridgehead atoms. The van der Waals surface area contributed by atoms with Crippen LogP contribution in [0.5, 0.6) is 0 Å². The summed E-state index contributed by atoms with van der Waals surface area (Å²) in [6.07, 6.45) is 1.47. The SMILES string of the molecule is N#Cc1cnc(Cl)nc1-c1c2n(c3ccccc13)CCOC2. The first-order valence-corrected chi connectivity index (χ1v) is 7.28. The summed E-state index contributed by atoms with van der Waals surface area (Å²) >= 11 is 5.96. The largest absolute Gasteiger partial charge is 0.373 e. The molecule has 0 radical (unpaired) electrons. The van der Waals surface area contributed by atoms with Crippen LogP contribution in [-0.2, 0) is 17.9 Å². The molecule has 5 nitrogen and oxygen atoms in total. The zero-order chi connectivity index (χ0) is 15.1. The Morgan fingerprint density at radius 3 is 3.05 bits per heavy atom. The number of rotatable bonds is 1. The highest BCUT2D eigenvalue weighted by atomic mass is 35.5. The normalized spacial score (nSPS) is 13.8. The molecule has 0 unspecified atom stereocenters. The molecule has 0 fully saturated rings. The van der Waals surface area contributed by atoms with E-state index in [-0.39, 0.29) is 5.28 Å². The van der Waals surface area contributed by atoms with E-state index in [4.69, 9.17) is 16.3 Å². The van der Waals surface area contributed by atoms with E-state index in [2.05, 4.69) is 26.7 Å². The van der Waals surface area contributed by atoms with Crippen LogP contribution in [0.25, 0.3) is 22.2 Å². The quantitative estimate of drug-likeness (QED) is 0.648. The molecule has 1 aromatic carbocycles. The van der Waals surface area contributed by atoms with Crippen molar-refractivity contribution in [3.8, 4) is 17.3 Å². The highest BCUT2D eigenvalue weighted by Crippen LogP contribution is 2.37. The molecule has 2 aromatic heterocycles. The van der Waals surface area contributed by atoms with Crippen LogP contribution in [0.1, 0.15) is 11.3 Å². The standard InChI is InChI=1S/C16H11ClN4O/c17-16-19-8-10(7-18)15(20-16)14-11-3-1-2-4-12(11)21-5-6-22-9-13(14)21/h1-4,8H,5-6,9H2. The van der Waals surface area contributed by atoms with Crippen LogP contribution in [0, 0.1) is 11.3 Å². The van der Waals surface area contributed by atoms with Gasteiger partial charge in [-0.3, -0.25) is 0 Å². The first kappa shape index (κ1) is 13.3. The van der Waals surface area contributed by atoms with E-state index in [9.17, 15) is 5.26 Å². The average Bonchev–Trinajstić information content (AvgIpc) is 2.89. The number of fused-ring (bicyclic) bond motifs is 3. The van der Waals surface area contributed by atoms with Crippen LogP contribution >= 0.6 is 11.6 Å². The van der Waals surface area contributed by atoms with Gasteiger partial charge in [0.25, 0.3) is 0 Å². The van der Waals surface area contributed by atoms with E-state index in [1.165, 1.54) is 6.20 Å². The van der Waals surface area contributed by atoms with Gasteiger partial charge in [0.2, 0.25) is 5.28 Å². The Balaban J connectivity index is 2.12. The molecule has 6 heteroatoms. The van der Waals surface area contributed by atoms with Crippen molar-refractivity contribution >= 4 is 22.5 Å². The van der Waals surface area contributed by atoms with Crippen LogP contribution in [0.3, 0.4) is 0 Å². The number of aromatic nitrogens is 3. The lowest BCUT2D eigenvalue weighted by atomic mass is 10.0. The van der Waals surface area contributed by atoms with Crippen LogP contribution in [0.15, 0.2) is 30.5 Å². The Morgan fingerprint density at radius 2 is 2.18 bits per heavy atom. The first-order valence-electron chi connectivity index (χ1n) is 6.90. The summed E-state index contributed by atoms with van der Waals surface area (Å²) in [5.41, 5.74) is 4.04. The molecule has 0 aliphatic carbocycles. The molecule has 0 saturated carbocycles. The Labute approximate surface area is 131 Å². The van der Waals surface area contributed by atoms with Crippen LogP contribution < -0.4 is 0 Å². The number of ether oxygens (including phenoxy) is 1. The summed E-state index contributed by atoms with van der Waals surface area (Å²) in [6.45, 7) is 1.97. The van der Waals surface area contributed by atoms with Crippen molar-refractivity contribution in [1.29, 1.82) is 5.26 Å². The van der Waals surface area contributed by atoms with Gasteiger partial charge in [0, 0.05) is 23.0 Å². The second kappa shape index (κ2) is 5.09. The zero-order valence-corrected chi connectivity index (χ0v) is 12.3. The number of halogens is 1. The number of hydrogen-bond donors (Lipinski definition) is 0. The predicted octanol–water partition coefficient (Wildman–Crippen LogP) is 3.15. The van der Waals surface area contributed by atoms with Gasteiger partial charge >= 0.3 is 0 Å². The van der Waals surface area contributed by atoms with Crippen molar-refractivity contribution in [2.75, 3.05) is 6.61 Å². The zero-order valence-electron chi connectivity index (χ0n) is 11.6. The van der Waals surface area contributed by atoms with Crippen LogP contribution in [-0.4, -0.2) is 21.1 Å². The molecule has 0 atom stereocenters. The maximum absolute atomic E-state index is 9.37. The Kier molecular flexibility index (Phi) is 3.07. The van der Waals surface area contributed by atoms with Gasteiger partial charge < -0.3 is 9.30 Å². The van der Waals surface area contributed by atoms with Crippen LogP contribution in [0.4, 0.5) is 0 Å². The van der Waals surface area contributed by atoms with E-state index in [0.717, 1.165) is 28.7 Å². The monoisotopic (exact) mass is 310 g/mol. The summed E-state index contributed by atoms with van der Waals surface area (Å²) in [6, 6.07) is 10.2. The molecule has 0 amide bonds. The number of para-hydroxylation sites is 1. The van der Waals surface area contributed by atoms with Gasteiger partial charge in [0.05, 0.1) is 36.4 Å². The average molecular weight is 311 g/mol. The Hall–Kier alpha value is -2.42. The minimum Gasteiger partial charge on any atom is -0.373 e. The lowest BCUT2D eigenvalue weighted by Crippen LogP contribution is -2.16. The fraction of sp³-hybridized carbons (Fsp3) is 0.188. The molecular weight excluding hydrogens is 300 g/mol. The van der Waals surface area contributed by atoms with Gasteiger partial charge in [-0.1, -0.05) is 18.2 Å². The molecule has 22 heavy (non-hydrogen) atoms. The van der Waals surface area contributed by atoms with Gasteiger partial charge in [-0.15, -0.1) is 0 Å². The van der Waals surface area contributed by atoms with Gasteiger partial charge in [-0.2, -0.15) is 5.26 Å². The number of nitriles is 1. The fourth-order valence-electron chi connectivity index (χ4n) is 2.98. The Bertz CT molecular complexity index is 926. The van der Waals surface area contributed by atoms with Crippen molar-refractivity contribution < 1.29 is 4.74 Å². The summed E-state index contributed by atoms with van der Waals surface area (Å²) in [4.78, 5) is 8.21. The minimum atomic E-state index is 0.134. The summed E-state index contributed by atoms with van der Waals surface area (Å²) in [5, 5.41) is 10.6. The van der Waals surface area contributed by atoms with Gasteiger partial charge in [-0.25, -0.2) is 9.97 Å². The van der Waals surface area contributed by atoms with E-state index in [1.807, 2.05) is 18.2 Å². The lowest BCUT2D eigenvalue weighted by Gasteiger charge is -2.18. The maximum Gasteiger partial charge on any atom is 0.222 e. The molecule has 3 heterocycles. The predicted molar refractivity (Wildman–Crippen MR) is 82.3 cm³/mol. The highest BCUT2D eigenvalue weighted by Gasteiger charge is 2.24. The summed E-state index contributed by atoms with van der Waals surface area (Å²) in [7, 11) is 0. The molecule has 0 N–H and O–H groups in total. The molecular formula is C16H11ClN4O. The molecule has 1 aliphatic rings. The first-order chi connectivity index (χ1) is 10.8. The third kappa shape index (κ3) is 1.89. The van der Waals surface area contributed by atoms with Gasteiger partial charge in [-0.05, 0) is 17.7 Å². The molecule has 108 valence electrons. The number of hydrogen-bond acceptors (Lipinski definition) is 4. The molecule has 0 saturated heterocycles. The third-order valence-corrected chi connectivity index (χ3v) is 4.08. The number of benzene rings is 1. The molecule has 0 spiro atoms. The molecule has 1 aliphatic heterocycles. The van der Waals surface area contributed by atoms with Crippen molar-refractivity contribution in [2.24, 2.45) is 0 Å². The van der Waals surface area contributed by atoms with E-state index in [1.54, 1.807) is 0 Å². The number of nitrogens with zero attached hydrogens (tertiary/aromatic N) is 4. The third-order valence-electron chi connectivity index (χ3n) is 3.89. The molecule has 3 aromatic rings. The Morgan fingerprint density at radius 1 is 1.32 bits per heavy atom. The van der Waals surface area contributed by atoms with E-state index in [0.29, 0.717) is 24.5 Å². The fourth-order valence-corrected chi connectivity index (χ4v) is 3.12. The topological polar surface area (TPSA) is 63.7 Å². The second-order valence-corrected chi connectivity index (χ2v) is 5.39. The lowest BCUT2D eigenvalue weighted by molar-refractivity contribution is 0.0869. The van der Waals surface area contributed by atoms with Crippen LogP contribution in [0.2, 0.25) is 5.28 Å². The summed E-state index contributed by atoms with van der Waals surface area (Å²) < 4.78 is 7.84. The van der Waals surface area contributed by atoms with Gasteiger partial charge in [0.1, 0.15) is 6.07 Å². The van der Waals surface area contributed by atoms with E-state index >= 15 is 0 Å². The van der Waals surface area contributed by atoms with Gasteiger partial charge in [0.15, 0.2) is 0 Å². The van der Waals surface area contributed by atoms with E-state index < -0.39 is 0 Å². The summed E-state index contributed by atoms with van der Waals surface area (Å²) in [5.74, 6) is 0. The van der Waals surface area contributed by atoms with Crippen molar-refractivity contribution in [3.63, 3.8) is 0 Å². The second-order valence-electron chi connectivity index (χ2n) is 5.06. The highest BCUT2D eigenvalue weighted by molar-refractivity contribution is 6.28. The van der Waals surface area contributed by atoms with Crippen molar-refractivity contribution in [1.82, 2.24) is 14.5 Å². The molecule has 4 rings (SSSR count). The van der Waals surface area contributed by atoms with Crippen molar-refractivity contribution in [2.45, 2.75) is 13.2 Å². The smallest absolute Gasteiger partial charge is 0.222 e.